The van der Waals surface area contributed by atoms with Crippen LogP contribution in [0.15, 0.2) is 36.5 Å². The zero-order valence-corrected chi connectivity index (χ0v) is 13.2. The average Bonchev–Trinajstić information content (AvgIpc) is 2.46. The fourth-order valence-corrected chi connectivity index (χ4v) is 2.27. The van der Waals surface area contributed by atoms with Gasteiger partial charge in [-0.2, -0.15) is 0 Å². The molecule has 0 spiro atoms. The van der Waals surface area contributed by atoms with E-state index in [0.717, 1.165) is 18.4 Å². The molecule has 0 bridgehead atoms. The minimum atomic E-state index is 0.0559. The highest BCUT2D eigenvalue weighted by Gasteiger charge is 2.29. The molecule has 1 atom stereocenters. The maximum atomic E-state index is 12.2. The summed E-state index contributed by atoms with van der Waals surface area (Å²) in [5, 5.41) is 0. The standard InChI is InChI=1S/C15H23NO.C2H6/c1-6-12-9-14(8-3)16(10-13(12)7-2)15(17)11(4)5;1-2/h6-7,11,14H,1-2,8-10H2,3-5H3;1-2H3. The van der Waals surface area contributed by atoms with E-state index in [2.05, 4.69) is 20.1 Å². The lowest BCUT2D eigenvalue weighted by Crippen LogP contribution is -2.45. The van der Waals surface area contributed by atoms with Gasteiger partial charge in [0.1, 0.15) is 0 Å². The fraction of sp³-hybridized carbons (Fsp3) is 0.588. The molecular weight excluding hydrogens is 234 g/mol. The summed E-state index contributed by atoms with van der Waals surface area (Å²) in [5.74, 6) is 0.291. The van der Waals surface area contributed by atoms with Crippen molar-refractivity contribution in [3.63, 3.8) is 0 Å². The average molecular weight is 263 g/mol. The van der Waals surface area contributed by atoms with Crippen LogP contribution in [0.4, 0.5) is 0 Å². The summed E-state index contributed by atoms with van der Waals surface area (Å²) >= 11 is 0. The Hall–Kier alpha value is -1.31. The number of carbonyl (C=O) groups excluding carboxylic acids is 1. The fourth-order valence-electron chi connectivity index (χ4n) is 2.27. The highest BCUT2D eigenvalue weighted by atomic mass is 16.2. The van der Waals surface area contributed by atoms with Gasteiger partial charge < -0.3 is 4.90 Å². The van der Waals surface area contributed by atoms with E-state index in [-0.39, 0.29) is 11.8 Å². The number of carbonyl (C=O) groups is 1. The van der Waals surface area contributed by atoms with Crippen molar-refractivity contribution in [3.8, 4) is 0 Å². The molecule has 1 aliphatic rings. The zero-order valence-electron chi connectivity index (χ0n) is 13.2. The first kappa shape index (κ1) is 17.7. The predicted octanol–water partition coefficient (Wildman–Crippen LogP) is 4.35. The first-order valence-corrected chi connectivity index (χ1v) is 7.32. The predicted molar refractivity (Wildman–Crippen MR) is 84.0 cm³/mol. The van der Waals surface area contributed by atoms with Crippen molar-refractivity contribution in [3.05, 3.63) is 36.5 Å². The number of hydrogen-bond donors (Lipinski definition) is 0. The molecule has 0 saturated heterocycles. The van der Waals surface area contributed by atoms with Gasteiger partial charge in [0.2, 0.25) is 5.91 Å². The van der Waals surface area contributed by atoms with E-state index in [1.165, 1.54) is 5.57 Å². The molecule has 0 saturated carbocycles. The summed E-state index contributed by atoms with van der Waals surface area (Å²) in [5.41, 5.74) is 2.37. The lowest BCUT2D eigenvalue weighted by molar-refractivity contribution is -0.136. The number of allylic oxidation sites excluding steroid dienone is 1. The number of rotatable bonds is 4. The molecule has 1 rings (SSSR count). The van der Waals surface area contributed by atoms with Gasteiger partial charge in [0.15, 0.2) is 0 Å². The molecule has 1 aliphatic heterocycles. The van der Waals surface area contributed by atoms with Crippen LogP contribution in [0.2, 0.25) is 0 Å². The maximum Gasteiger partial charge on any atom is 0.225 e. The third-order valence-electron chi connectivity index (χ3n) is 3.39. The van der Waals surface area contributed by atoms with E-state index in [9.17, 15) is 4.79 Å². The van der Waals surface area contributed by atoms with Crippen LogP contribution in [0.1, 0.15) is 47.5 Å². The van der Waals surface area contributed by atoms with Crippen LogP contribution in [0.3, 0.4) is 0 Å². The monoisotopic (exact) mass is 263 g/mol. The molecule has 1 amide bonds. The second kappa shape index (κ2) is 8.73. The zero-order chi connectivity index (χ0) is 15.0. The molecule has 0 aromatic heterocycles. The van der Waals surface area contributed by atoms with Gasteiger partial charge in [-0.25, -0.2) is 0 Å². The molecule has 2 heteroatoms. The molecule has 2 nitrogen and oxygen atoms in total. The van der Waals surface area contributed by atoms with E-state index in [0.29, 0.717) is 12.6 Å². The smallest absolute Gasteiger partial charge is 0.225 e. The molecule has 1 heterocycles. The van der Waals surface area contributed by atoms with Gasteiger partial charge >= 0.3 is 0 Å². The van der Waals surface area contributed by atoms with Crippen molar-refractivity contribution in [2.24, 2.45) is 5.92 Å². The number of nitrogens with zero attached hydrogens (tertiary/aromatic N) is 1. The second-order valence-electron chi connectivity index (χ2n) is 4.85. The Balaban J connectivity index is 0.00000154. The molecular formula is C17H29NO. The maximum absolute atomic E-state index is 12.2. The van der Waals surface area contributed by atoms with E-state index < -0.39 is 0 Å². The van der Waals surface area contributed by atoms with Crippen LogP contribution in [-0.2, 0) is 4.79 Å². The van der Waals surface area contributed by atoms with Crippen molar-refractivity contribution in [2.45, 2.75) is 53.5 Å². The lowest BCUT2D eigenvalue weighted by atomic mass is 9.91. The van der Waals surface area contributed by atoms with Crippen LogP contribution >= 0.6 is 0 Å². The summed E-state index contributed by atoms with van der Waals surface area (Å²) in [4.78, 5) is 14.2. The summed E-state index contributed by atoms with van der Waals surface area (Å²) < 4.78 is 0. The topological polar surface area (TPSA) is 20.3 Å². The lowest BCUT2D eigenvalue weighted by Gasteiger charge is -2.37. The summed E-state index contributed by atoms with van der Waals surface area (Å²) in [6.45, 7) is 18.4. The van der Waals surface area contributed by atoms with E-state index in [1.807, 2.05) is 44.7 Å². The number of hydrogen-bond acceptors (Lipinski definition) is 1. The van der Waals surface area contributed by atoms with Gasteiger partial charge in [-0.15, -0.1) is 0 Å². The van der Waals surface area contributed by atoms with E-state index >= 15 is 0 Å². The Morgan fingerprint density at radius 1 is 1.32 bits per heavy atom. The minimum Gasteiger partial charge on any atom is -0.335 e. The molecule has 0 fully saturated rings. The van der Waals surface area contributed by atoms with Crippen LogP contribution in [0.5, 0.6) is 0 Å². The van der Waals surface area contributed by atoms with Crippen LogP contribution < -0.4 is 0 Å². The van der Waals surface area contributed by atoms with Crippen molar-refractivity contribution >= 4 is 5.91 Å². The van der Waals surface area contributed by atoms with Gasteiger partial charge in [0, 0.05) is 18.5 Å². The Kier molecular flexibility index (Phi) is 8.13. The SMILES string of the molecule is C=CC1=C(C=C)CN(C(=O)C(C)C)C(CC)C1.CC. The second-order valence-corrected chi connectivity index (χ2v) is 4.85. The third kappa shape index (κ3) is 4.38. The molecule has 108 valence electrons. The van der Waals surface area contributed by atoms with E-state index in [1.54, 1.807) is 0 Å². The quantitative estimate of drug-likeness (QED) is 0.738. The Morgan fingerprint density at radius 3 is 2.21 bits per heavy atom. The molecule has 0 aromatic rings. The normalized spacial score (nSPS) is 18.8. The van der Waals surface area contributed by atoms with Gasteiger partial charge in [0.05, 0.1) is 0 Å². The summed E-state index contributed by atoms with van der Waals surface area (Å²) in [6, 6.07) is 0.307. The summed E-state index contributed by atoms with van der Waals surface area (Å²) in [6.07, 6.45) is 5.64. The Morgan fingerprint density at radius 2 is 1.84 bits per heavy atom. The first-order valence-electron chi connectivity index (χ1n) is 7.32. The van der Waals surface area contributed by atoms with Gasteiger partial charge in [0.25, 0.3) is 0 Å². The van der Waals surface area contributed by atoms with Crippen molar-refractivity contribution in [2.75, 3.05) is 6.54 Å². The molecule has 0 radical (unpaired) electrons. The van der Waals surface area contributed by atoms with Crippen molar-refractivity contribution in [1.29, 1.82) is 0 Å². The van der Waals surface area contributed by atoms with Gasteiger partial charge in [-0.3, -0.25) is 4.79 Å². The number of amides is 1. The third-order valence-corrected chi connectivity index (χ3v) is 3.39. The van der Waals surface area contributed by atoms with Gasteiger partial charge in [-0.1, -0.05) is 59.9 Å². The highest BCUT2D eigenvalue weighted by Crippen LogP contribution is 2.27. The minimum absolute atomic E-state index is 0.0559. The highest BCUT2D eigenvalue weighted by molar-refractivity contribution is 5.79. The molecule has 0 aromatic carbocycles. The van der Waals surface area contributed by atoms with Crippen LogP contribution in [-0.4, -0.2) is 23.4 Å². The molecule has 0 N–H and O–H groups in total. The van der Waals surface area contributed by atoms with Crippen LogP contribution in [0, 0.1) is 5.92 Å². The molecule has 1 unspecified atom stereocenters. The van der Waals surface area contributed by atoms with Gasteiger partial charge in [-0.05, 0) is 24.0 Å². The van der Waals surface area contributed by atoms with E-state index in [4.69, 9.17) is 0 Å². The molecule has 0 aliphatic carbocycles. The first-order chi connectivity index (χ1) is 9.04. The Labute approximate surface area is 118 Å². The summed E-state index contributed by atoms with van der Waals surface area (Å²) in [7, 11) is 0. The Bertz CT molecular complexity index is 352. The van der Waals surface area contributed by atoms with Crippen molar-refractivity contribution in [1.82, 2.24) is 4.90 Å². The molecule has 19 heavy (non-hydrogen) atoms. The van der Waals surface area contributed by atoms with Crippen molar-refractivity contribution < 1.29 is 4.79 Å². The largest absolute Gasteiger partial charge is 0.335 e. The van der Waals surface area contributed by atoms with Crippen LogP contribution in [0.25, 0.3) is 0 Å².